The van der Waals surface area contributed by atoms with Crippen LogP contribution in [-0.4, -0.2) is 16.9 Å². The molecule has 3 aromatic carbocycles. The second kappa shape index (κ2) is 7.93. The summed E-state index contributed by atoms with van der Waals surface area (Å²) in [5.41, 5.74) is 4.64. The molecule has 166 valence electrons. The lowest BCUT2D eigenvalue weighted by Crippen LogP contribution is -2.38. The summed E-state index contributed by atoms with van der Waals surface area (Å²) in [6, 6.07) is 24.3. The minimum atomic E-state index is -0.0622. The molecule has 5 aromatic rings. The number of pyridine rings is 1. The van der Waals surface area contributed by atoms with Crippen molar-refractivity contribution in [3.63, 3.8) is 0 Å². The number of hydrogen-bond donors (Lipinski definition) is 1. The lowest BCUT2D eigenvalue weighted by atomic mass is 9.87. The molecular weight excluding hydrogens is 410 g/mol. The molecule has 0 spiro atoms. The standard InChI is InChI=1S/C28H27N3O2/c1-28(2,3)21-11-13-22(14-12-21)31-27(32)26-25(29-31)24-8-6-5-7-20(24)18-30(26)17-19-9-15-23(33-4)16-10-19/h5-16,18H,17H2,1-4H3/p+1. The first-order chi connectivity index (χ1) is 15.8. The van der Waals surface area contributed by atoms with Gasteiger partial charge in [-0.3, -0.25) is 9.89 Å². The highest BCUT2D eigenvalue weighted by Crippen LogP contribution is 2.24. The smallest absolute Gasteiger partial charge is 0.344 e. The summed E-state index contributed by atoms with van der Waals surface area (Å²) in [5, 5.41) is 5.50. The Morgan fingerprint density at radius 2 is 1.64 bits per heavy atom. The van der Waals surface area contributed by atoms with Gasteiger partial charge in [-0.05, 0) is 53.4 Å². The van der Waals surface area contributed by atoms with Crippen molar-refractivity contribution < 1.29 is 9.30 Å². The lowest BCUT2D eigenvalue weighted by Gasteiger charge is -2.19. The number of methoxy groups -OCH3 is 1. The lowest BCUT2D eigenvalue weighted by molar-refractivity contribution is -0.661. The molecule has 0 aliphatic rings. The molecule has 2 aromatic heterocycles. The Morgan fingerprint density at radius 3 is 2.30 bits per heavy atom. The van der Waals surface area contributed by atoms with Gasteiger partial charge in [-0.15, -0.1) is 0 Å². The maximum Gasteiger partial charge on any atom is 0.344 e. The van der Waals surface area contributed by atoms with E-state index in [4.69, 9.17) is 4.74 Å². The summed E-state index contributed by atoms with van der Waals surface area (Å²) in [5.74, 6) is 0.815. The van der Waals surface area contributed by atoms with Crippen molar-refractivity contribution in [1.82, 2.24) is 9.78 Å². The number of rotatable bonds is 4. The molecule has 0 atom stereocenters. The highest BCUT2D eigenvalue weighted by Gasteiger charge is 2.23. The second-order valence-electron chi connectivity index (χ2n) is 9.47. The highest BCUT2D eigenvalue weighted by atomic mass is 16.5. The fourth-order valence-electron chi connectivity index (χ4n) is 4.30. The van der Waals surface area contributed by atoms with Crippen molar-refractivity contribution in [2.75, 3.05) is 7.11 Å². The molecule has 5 heteroatoms. The Bertz CT molecular complexity index is 1500. The maximum absolute atomic E-state index is 13.7. The maximum atomic E-state index is 13.7. The van der Waals surface area contributed by atoms with E-state index in [1.54, 1.807) is 11.8 Å². The van der Waals surface area contributed by atoms with Crippen LogP contribution in [-0.2, 0) is 12.0 Å². The Morgan fingerprint density at radius 1 is 0.939 bits per heavy atom. The van der Waals surface area contributed by atoms with Crippen LogP contribution >= 0.6 is 0 Å². The minimum Gasteiger partial charge on any atom is -0.497 e. The molecule has 33 heavy (non-hydrogen) atoms. The molecule has 5 nitrogen and oxygen atoms in total. The Labute approximate surface area is 192 Å². The predicted molar refractivity (Wildman–Crippen MR) is 132 cm³/mol. The molecular formula is C28H28N3O2+. The Hall–Kier alpha value is -3.86. The summed E-state index contributed by atoms with van der Waals surface area (Å²) in [4.78, 5) is 13.7. The SMILES string of the molecule is COc1ccc(C[n+]2cc3ccccc3c3[nH]n(-c4ccc(C(C)(C)C)cc4)c(=O)c32)cc1. The van der Waals surface area contributed by atoms with Gasteiger partial charge in [0.1, 0.15) is 11.3 Å². The fourth-order valence-corrected chi connectivity index (χ4v) is 4.30. The third-order valence-corrected chi connectivity index (χ3v) is 6.18. The van der Waals surface area contributed by atoms with Crippen LogP contribution in [0.25, 0.3) is 27.5 Å². The van der Waals surface area contributed by atoms with Crippen molar-refractivity contribution in [3.8, 4) is 11.4 Å². The van der Waals surface area contributed by atoms with Gasteiger partial charge in [0, 0.05) is 16.3 Å². The van der Waals surface area contributed by atoms with Gasteiger partial charge in [0.15, 0.2) is 12.7 Å². The quantitative estimate of drug-likeness (QED) is 0.396. The molecule has 0 saturated heterocycles. The molecule has 0 fully saturated rings. The van der Waals surface area contributed by atoms with Crippen LogP contribution in [0.3, 0.4) is 0 Å². The number of hydrogen-bond acceptors (Lipinski definition) is 2. The summed E-state index contributed by atoms with van der Waals surface area (Å²) < 4.78 is 8.97. The van der Waals surface area contributed by atoms with E-state index < -0.39 is 0 Å². The van der Waals surface area contributed by atoms with Gasteiger partial charge >= 0.3 is 5.56 Å². The first kappa shape index (κ1) is 21.0. The zero-order valence-corrected chi connectivity index (χ0v) is 19.4. The van der Waals surface area contributed by atoms with E-state index in [0.29, 0.717) is 12.1 Å². The first-order valence-electron chi connectivity index (χ1n) is 11.1. The zero-order chi connectivity index (χ0) is 23.2. The van der Waals surface area contributed by atoms with E-state index in [-0.39, 0.29) is 11.0 Å². The molecule has 1 N–H and O–H groups in total. The van der Waals surface area contributed by atoms with E-state index >= 15 is 0 Å². The number of benzene rings is 3. The Kier molecular flexibility index (Phi) is 5.05. The second-order valence-corrected chi connectivity index (χ2v) is 9.47. The first-order valence-corrected chi connectivity index (χ1v) is 11.1. The fraction of sp³-hybridized carbons (Fsp3) is 0.214. The number of aromatic nitrogens is 3. The van der Waals surface area contributed by atoms with Crippen LogP contribution in [0, 0.1) is 0 Å². The van der Waals surface area contributed by atoms with Crippen molar-refractivity contribution in [2.24, 2.45) is 0 Å². The number of fused-ring (bicyclic) bond motifs is 3. The number of ether oxygens (including phenoxy) is 1. The molecule has 0 amide bonds. The summed E-state index contributed by atoms with van der Waals surface area (Å²) >= 11 is 0. The summed E-state index contributed by atoms with van der Waals surface area (Å²) in [6.45, 7) is 7.14. The van der Waals surface area contributed by atoms with Crippen LogP contribution in [0.5, 0.6) is 5.75 Å². The van der Waals surface area contributed by atoms with Crippen LogP contribution < -0.4 is 14.9 Å². The van der Waals surface area contributed by atoms with Crippen LogP contribution in [0.1, 0.15) is 31.9 Å². The van der Waals surface area contributed by atoms with Gasteiger partial charge in [0.25, 0.3) is 5.52 Å². The average Bonchev–Trinajstić information content (AvgIpc) is 3.17. The molecule has 0 aliphatic heterocycles. The van der Waals surface area contributed by atoms with Crippen molar-refractivity contribution in [1.29, 1.82) is 0 Å². The van der Waals surface area contributed by atoms with Gasteiger partial charge in [0.05, 0.1) is 12.8 Å². The number of nitrogens with one attached hydrogen (secondary N) is 1. The largest absolute Gasteiger partial charge is 0.497 e. The third kappa shape index (κ3) is 3.80. The number of aromatic amines is 1. The summed E-state index contributed by atoms with van der Waals surface area (Å²) in [7, 11) is 1.66. The van der Waals surface area contributed by atoms with E-state index in [1.807, 2.05) is 53.1 Å². The average molecular weight is 439 g/mol. The normalized spacial score (nSPS) is 11.9. The van der Waals surface area contributed by atoms with E-state index in [2.05, 4.69) is 56.3 Å². The predicted octanol–water partition coefficient (Wildman–Crippen LogP) is 5.11. The van der Waals surface area contributed by atoms with Gasteiger partial charge in [0.2, 0.25) is 0 Å². The van der Waals surface area contributed by atoms with Gasteiger partial charge < -0.3 is 4.74 Å². The van der Waals surface area contributed by atoms with Crippen LogP contribution in [0.4, 0.5) is 0 Å². The van der Waals surface area contributed by atoms with E-state index in [9.17, 15) is 4.79 Å². The van der Waals surface area contributed by atoms with E-state index in [1.165, 1.54) is 5.56 Å². The molecule has 0 saturated carbocycles. The topological polar surface area (TPSA) is 50.9 Å². The van der Waals surface area contributed by atoms with Gasteiger partial charge in [-0.25, -0.2) is 4.68 Å². The Balaban J connectivity index is 1.69. The van der Waals surface area contributed by atoms with Crippen LogP contribution in [0.2, 0.25) is 0 Å². The molecule has 5 rings (SSSR count). The molecule has 2 heterocycles. The van der Waals surface area contributed by atoms with Crippen molar-refractivity contribution >= 4 is 21.8 Å². The third-order valence-electron chi connectivity index (χ3n) is 6.18. The zero-order valence-electron chi connectivity index (χ0n) is 19.4. The highest BCUT2D eigenvalue weighted by molar-refractivity contribution is 6.01. The van der Waals surface area contributed by atoms with Gasteiger partial charge in [-0.2, -0.15) is 4.57 Å². The molecule has 0 bridgehead atoms. The molecule has 0 radical (unpaired) electrons. The molecule has 0 aliphatic carbocycles. The minimum absolute atomic E-state index is 0.0571. The number of nitrogens with zero attached hydrogens (tertiary/aromatic N) is 2. The van der Waals surface area contributed by atoms with E-state index in [0.717, 1.165) is 33.3 Å². The van der Waals surface area contributed by atoms with Gasteiger partial charge in [-0.1, -0.05) is 51.1 Å². The monoisotopic (exact) mass is 438 g/mol. The van der Waals surface area contributed by atoms with Crippen LogP contribution in [0.15, 0.2) is 83.8 Å². The summed E-state index contributed by atoms with van der Waals surface area (Å²) in [6.07, 6.45) is 2.06. The number of H-pyrrole nitrogens is 1. The molecule has 0 unspecified atom stereocenters. The van der Waals surface area contributed by atoms with Crippen molar-refractivity contribution in [2.45, 2.75) is 32.7 Å². The van der Waals surface area contributed by atoms with Crippen molar-refractivity contribution in [3.05, 3.63) is 100 Å².